The number of hydrogen-bond donors (Lipinski definition) is 3. The zero-order valence-electron chi connectivity index (χ0n) is 27.5. The van der Waals surface area contributed by atoms with Crippen LogP contribution in [0.1, 0.15) is 93.9 Å². The molecule has 0 aromatic rings. The standard InChI is InChI=1S/C32H57N5O5/c1-11-15-32(8,9)19-42-31(41)24-13-12-17-37(35-24)29(39)25(18-20(2)3)34-28(38)27(22(6)7)36(10)30(40)26-23(21(4)5)14-16-33-26/h21-27,33,35H,2,11-19H2,1,3-10H3,(H,34,38)/t23?,24-,25-,26?,27-/m0/s1. The van der Waals surface area contributed by atoms with Gasteiger partial charge in [-0.25, -0.2) is 5.43 Å². The molecule has 0 spiro atoms. The van der Waals surface area contributed by atoms with Crippen molar-refractivity contribution in [2.24, 2.45) is 23.2 Å². The van der Waals surface area contributed by atoms with E-state index >= 15 is 0 Å². The summed E-state index contributed by atoms with van der Waals surface area (Å²) in [5, 5.41) is 7.68. The van der Waals surface area contributed by atoms with E-state index < -0.39 is 18.1 Å². The van der Waals surface area contributed by atoms with Crippen molar-refractivity contribution in [3.05, 3.63) is 12.2 Å². The van der Waals surface area contributed by atoms with E-state index in [4.69, 9.17) is 4.74 Å². The van der Waals surface area contributed by atoms with Gasteiger partial charge in [0.1, 0.15) is 18.1 Å². The van der Waals surface area contributed by atoms with Gasteiger partial charge in [-0.15, -0.1) is 6.58 Å². The number of ether oxygens (including phenoxy) is 1. The van der Waals surface area contributed by atoms with Crippen molar-refractivity contribution in [3.8, 4) is 0 Å². The van der Waals surface area contributed by atoms with E-state index in [1.807, 2.05) is 20.8 Å². The summed E-state index contributed by atoms with van der Waals surface area (Å²) in [6.07, 6.45) is 4.29. The number of esters is 1. The van der Waals surface area contributed by atoms with Gasteiger partial charge in [0.25, 0.3) is 5.91 Å². The molecule has 2 aliphatic rings. The van der Waals surface area contributed by atoms with Gasteiger partial charge in [-0.3, -0.25) is 24.2 Å². The molecule has 240 valence electrons. The van der Waals surface area contributed by atoms with E-state index in [9.17, 15) is 19.2 Å². The Labute approximate surface area is 253 Å². The maximum atomic E-state index is 13.7. The number of amides is 3. The third kappa shape index (κ3) is 9.79. The van der Waals surface area contributed by atoms with Crippen LogP contribution in [0.5, 0.6) is 0 Å². The quantitative estimate of drug-likeness (QED) is 0.209. The molecule has 0 bridgehead atoms. The van der Waals surface area contributed by atoms with Gasteiger partial charge in [-0.2, -0.15) is 0 Å². The lowest BCUT2D eigenvalue weighted by atomic mass is 9.87. The molecule has 0 aromatic heterocycles. The first-order valence-electron chi connectivity index (χ1n) is 15.8. The average Bonchev–Trinajstić information content (AvgIpc) is 3.40. The van der Waals surface area contributed by atoms with Gasteiger partial charge >= 0.3 is 5.97 Å². The van der Waals surface area contributed by atoms with Crippen LogP contribution in [0.4, 0.5) is 0 Å². The van der Waals surface area contributed by atoms with E-state index in [1.165, 1.54) is 9.91 Å². The minimum atomic E-state index is -0.890. The number of carbonyl (C=O) groups is 4. The fourth-order valence-electron chi connectivity index (χ4n) is 6.22. The summed E-state index contributed by atoms with van der Waals surface area (Å²) in [5.74, 6) is -0.845. The fourth-order valence-corrected chi connectivity index (χ4v) is 6.22. The molecule has 0 aromatic carbocycles. The van der Waals surface area contributed by atoms with Crippen LogP contribution in [-0.4, -0.2) is 84.5 Å². The Morgan fingerprint density at radius 2 is 1.81 bits per heavy atom. The highest BCUT2D eigenvalue weighted by Crippen LogP contribution is 2.27. The Morgan fingerprint density at radius 1 is 1.14 bits per heavy atom. The number of hydrogen-bond acceptors (Lipinski definition) is 7. The minimum Gasteiger partial charge on any atom is -0.464 e. The van der Waals surface area contributed by atoms with E-state index in [1.54, 1.807) is 7.05 Å². The third-order valence-electron chi connectivity index (χ3n) is 8.49. The molecule has 0 radical (unpaired) electrons. The second kappa shape index (κ2) is 15.8. The van der Waals surface area contributed by atoms with Crippen molar-refractivity contribution >= 4 is 23.7 Å². The molecule has 2 unspecified atom stereocenters. The van der Waals surface area contributed by atoms with Crippen LogP contribution in [0.2, 0.25) is 0 Å². The predicted molar refractivity (Wildman–Crippen MR) is 165 cm³/mol. The zero-order chi connectivity index (χ0) is 31.8. The van der Waals surface area contributed by atoms with Gasteiger partial charge in [0.15, 0.2) is 0 Å². The first-order valence-corrected chi connectivity index (χ1v) is 15.8. The highest BCUT2D eigenvalue weighted by Gasteiger charge is 2.41. The topological polar surface area (TPSA) is 120 Å². The molecule has 3 N–H and O–H groups in total. The molecule has 2 aliphatic heterocycles. The van der Waals surface area contributed by atoms with Crippen molar-refractivity contribution in [1.82, 2.24) is 26.0 Å². The lowest BCUT2D eigenvalue weighted by molar-refractivity contribution is -0.155. The molecule has 2 fully saturated rings. The normalized spacial score (nSPS) is 22.5. The SMILES string of the molecule is C=C(C)C[C@H](NC(=O)[C@H](C(C)C)N(C)C(=O)C1NCCC1C(C)C)C(=O)N1CCC[C@@H](C(=O)OCC(C)(C)CCC)N1. The first-order chi connectivity index (χ1) is 19.6. The second-order valence-electron chi connectivity index (χ2n) is 13.8. The molecule has 2 rings (SSSR count). The predicted octanol–water partition coefficient (Wildman–Crippen LogP) is 3.42. The maximum Gasteiger partial charge on any atom is 0.324 e. The summed E-state index contributed by atoms with van der Waals surface area (Å²) in [6, 6.07) is -2.62. The molecule has 0 aliphatic carbocycles. The van der Waals surface area contributed by atoms with E-state index in [0.29, 0.717) is 31.9 Å². The van der Waals surface area contributed by atoms with Crippen LogP contribution in [0.25, 0.3) is 0 Å². The van der Waals surface area contributed by atoms with Crippen LogP contribution in [0.3, 0.4) is 0 Å². The second-order valence-corrected chi connectivity index (χ2v) is 13.8. The molecule has 10 nitrogen and oxygen atoms in total. The van der Waals surface area contributed by atoms with Crippen LogP contribution in [0.15, 0.2) is 12.2 Å². The molecule has 10 heteroatoms. The lowest BCUT2D eigenvalue weighted by Crippen LogP contribution is -2.62. The summed E-state index contributed by atoms with van der Waals surface area (Å²) in [6.45, 7) is 21.5. The van der Waals surface area contributed by atoms with Crippen molar-refractivity contribution in [2.75, 3.05) is 26.7 Å². The van der Waals surface area contributed by atoms with Crippen LogP contribution >= 0.6 is 0 Å². The van der Waals surface area contributed by atoms with Gasteiger partial charge in [-0.05, 0) is 68.7 Å². The lowest BCUT2D eigenvalue weighted by Gasteiger charge is -2.37. The number of rotatable bonds is 14. The number of nitrogens with one attached hydrogen (secondary N) is 3. The number of likely N-dealkylation sites (N-methyl/N-ethyl adjacent to an activating group) is 1. The Bertz CT molecular complexity index is 965. The fraction of sp³-hybridized carbons (Fsp3) is 0.812. The average molecular weight is 592 g/mol. The molecular weight excluding hydrogens is 534 g/mol. The molecule has 0 saturated carbocycles. The summed E-state index contributed by atoms with van der Waals surface area (Å²) in [4.78, 5) is 55.4. The molecule has 2 saturated heterocycles. The highest BCUT2D eigenvalue weighted by molar-refractivity contribution is 5.93. The van der Waals surface area contributed by atoms with Gasteiger partial charge in [0, 0.05) is 13.6 Å². The van der Waals surface area contributed by atoms with Crippen LogP contribution in [0, 0.1) is 23.2 Å². The molecule has 5 atom stereocenters. The maximum absolute atomic E-state index is 13.7. The molecule has 3 amide bonds. The van der Waals surface area contributed by atoms with Crippen molar-refractivity contribution in [2.45, 2.75) is 118 Å². The number of hydrazine groups is 1. The first kappa shape index (κ1) is 35.7. The Kier molecular flexibility index (Phi) is 13.5. The van der Waals surface area contributed by atoms with Gasteiger partial charge in [-0.1, -0.05) is 60.5 Å². The summed E-state index contributed by atoms with van der Waals surface area (Å²) < 4.78 is 5.62. The van der Waals surface area contributed by atoms with Gasteiger partial charge in [0.2, 0.25) is 11.8 Å². The Hall–Kier alpha value is -2.46. The Morgan fingerprint density at radius 3 is 2.38 bits per heavy atom. The van der Waals surface area contributed by atoms with Crippen LogP contribution < -0.4 is 16.1 Å². The zero-order valence-corrected chi connectivity index (χ0v) is 27.5. The van der Waals surface area contributed by atoms with Crippen molar-refractivity contribution < 1.29 is 23.9 Å². The van der Waals surface area contributed by atoms with Crippen LogP contribution in [-0.2, 0) is 23.9 Å². The third-order valence-corrected chi connectivity index (χ3v) is 8.49. The summed E-state index contributed by atoms with van der Waals surface area (Å²) in [7, 11) is 1.67. The summed E-state index contributed by atoms with van der Waals surface area (Å²) >= 11 is 0. The number of carbonyl (C=O) groups excluding carboxylic acids is 4. The number of nitrogens with zero attached hydrogens (tertiary/aromatic N) is 2. The Balaban J connectivity index is 2.14. The van der Waals surface area contributed by atoms with Crippen molar-refractivity contribution in [3.63, 3.8) is 0 Å². The summed E-state index contributed by atoms with van der Waals surface area (Å²) in [5.41, 5.74) is 3.67. The van der Waals surface area contributed by atoms with Gasteiger partial charge in [0.05, 0.1) is 12.6 Å². The van der Waals surface area contributed by atoms with E-state index in [-0.39, 0.29) is 53.4 Å². The largest absolute Gasteiger partial charge is 0.464 e. The molecule has 2 heterocycles. The molecular formula is C32H57N5O5. The van der Waals surface area contributed by atoms with E-state index in [2.05, 4.69) is 57.3 Å². The van der Waals surface area contributed by atoms with Crippen molar-refractivity contribution in [1.29, 1.82) is 0 Å². The molecule has 42 heavy (non-hydrogen) atoms. The smallest absolute Gasteiger partial charge is 0.324 e. The van der Waals surface area contributed by atoms with Gasteiger partial charge < -0.3 is 20.3 Å². The minimum absolute atomic E-state index is 0.107. The highest BCUT2D eigenvalue weighted by atomic mass is 16.5. The van der Waals surface area contributed by atoms with E-state index in [0.717, 1.165) is 31.4 Å². The monoisotopic (exact) mass is 591 g/mol.